The predicted octanol–water partition coefficient (Wildman–Crippen LogP) is 6.04. The van der Waals surface area contributed by atoms with Crippen molar-refractivity contribution in [2.75, 3.05) is 19.2 Å². The van der Waals surface area contributed by atoms with Crippen molar-refractivity contribution >= 4 is 72.7 Å². The summed E-state index contributed by atoms with van der Waals surface area (Å²) in [5.41, 5.74) is 0.271. The minimum absolute atomic E-state index is 0.0259. The second-order valence-corrected chi connectivity index (χ2v) is 13.1. The van der Waals surface area contributed by atoms with Crippen LogP contribution in [-0.4, -0.2) is 52.6 Å². The van der Waals surface area contributed by atoms with E-state index in [4.69, 9.17) is 16.3 Å². The van der Waals surface area contributed by atoms with Gasteiger partial charge in [-0.1, -0.05) is 23.3 Å². The molecule has 0 spiro atoms. The van der Waals surface area contributed by atoms with Gasteiger partial charge in [-0.3, -0.25) is 24.2 Å². The molecule has 3 aliphatic carbocycles. The number of phenols is 1. The van der Waals surface area contributed by atoms with Crippen LogP contribution in [0.4, 0.5) is 19.0 Å². The SMILES string of the molecule is COc1cc(C2C3=CCC4C(=O)N(N(C)c5nc(C(F)(F)F)ccc5Cl)C(=O)C4C3CC3=C2C(=O)C=C(Br)C3=O)cc(Br)c1O. The second-order valence-electron chi connectivity index (χ2n) is 11.0. The van der Waals surface area contributed by atoms with Crippen LogP contribution in [-0.2, 0) is 25.4 Å². The Morgan fingerprint density at radius 3 is 2.49 bits per heavy atom. The summed E-state index contributed by atoms with van der Waals surface area (Å²) in [4.78, 5) is 58.3. The van der Waals surface area contributed by atoms with E-state index < -0.39 is 64.7 Å². The van der Waals surface area contributed by atoms with Gasteiger partial charge in [0.2, 0.25) is 0 Å². The van der Waals surface area contributed by atoms with Gasteiger partial charge in [-0.25, -0.2) is 4.98 Å². The molecule has 15 heteroatoms. The highest BCUT2D eigenvalue weighted by Gasteiger charge is 2.58. The van der Waals surface area contributed by atoms with Crippen molar-refractivity contribution in [2.24, 2.45) is 17.8 Å². The van der Waals surface area contributed by atoms with Crippen molar-refractivity contribution in [3.05, 3.63) is 78.4 Å². The monoisotopic (exact) mass is 769 g/mol. The van der Waals surface area contributed by atoms with Crippen LogP contribution in [0.2, 0.25) is 5.02 Å². The van der Waals surface area contributed by atoms with E-state index in [-0.39, 0.29) is 49.5 Å². The van der Waals surface area contributed by atoms with E-state index in [0.29, 0.717) is 17.2 Å². The molecule has 1 aliphatic heterocycles. The molecule has 1 fully saturated rings. The van der Waals surface area contributed by atoms with Crippen LogP contribution in [0, 0.1) is 17.8 Å². The molecule has 6 rings (SSSR count). The molecule has 0 saturated carbocycles. The summed E-state index contributed by atoms with van der Waals surface area (Å²) < 4.78 is 46.0. The van der Waals surface area contributed by atoms with Gasteiger partial charge in [-0.2, -0.15) is 18.2 Å². The number of ether oxygens (including phenoxy) is 1. The highest BCUT2D eigenvalue weighted by Crippen LogP contribution is 2.56. The first-order chi connectivity index (χ1) is 21.1. The summed E-state index contributed by atoms with van der Waals surface area (Å²) in [5, 5.41) is 11.9. The van der Waals surface area contributed by atoms with E-state index in [1.165, 1.54) is 20.2 Å². The van der Waals surface area contributed by atoms with Crippen molar-refractivity contribution in [2.45, 2.75) is 24.9 Å². The summed E-state index contributed by atoms with van der Waals surface area (Å²) in [7, 11) is 2.59. The first kappa shape index (κ1) is 31.5. The van der Waals surface area contributed by atoms with Crippen molar-refractivity contribution in [3.63, 3.8) is 0 Å². The number of imide groups is 1. The number of benzene rings is 1. The number of aromatic hydroxyl groups is 1. The van der Waals surface area contributed by atoms with Gasteiger partial charge in [-0.05, 0) is 80.4 Å². The molecule has 2 heterocycles. The van der Waals surface area contributed by atoms with Gasteiger partial charge in [0.05, 0.1) is 32.9 Å². The number of nitrogens with zero attached hydrogens (tertiary/aromatic N) is 3. The molecule has 1 aromatic carbocycles. The number of hydrogen-bond donors (Lipinski definition) is 1. The van der Waals surface area contributed by atoms with Gasteiger partial charge >= 0.3 is 6.18 Å². The lowest BCUT2D eigenvalue weighted by atomic mass is 9.59. The number of ketones is 2. The summed E-state index contributed by atoms with van der Waals surface area (Å²) in [6.07, 6.45) is -1.76. The van der Waals surface area contributed by atoms with Crippen LogP contribution in [0.25, 0.3) is 0 Å². The van der Waals surface area contributed by atoms with E-state index in [9.17, 15) is 37.5 Å². The van der Waals surface area contributed by atoms with Crippen LogP contribution in [0.15, 0.2) is 62.1 Å². The highest BCUT2D eigenvalue weighted by atomic mass is 79.9. The van der Waals surface area contributed by atoms with Gasteiger partial charge < -0.3 is 9.84 Å². The molecule has 4 unspecified atom stereocenters. The Hall–Kier alpha value is -3.49. The summed E-state index contributed by atoms with van der Waals surface area (Å²) in [6, 6.07) is 4.82. The van der Waals surface area contributed by atoms with Crippen molar-refractivity contribution < 1.29 is 42.2 Å². The van der Waals surface area contributed by atoms with Crippen LogP contribution >= 0.6 is 43.5 Å². The predicted molar refractivity (Wildman–Crippen MR) is 161 cm³/mol. The number of allylic oxidation sites excluding steroid dienone is 6. The number of hydrazine groups is 1. The van der Waals surface area contributed by atoms with E-state index in [1.54, 1.807) is 18.2 Å². The molecule has 1 aromatic heterocycles. The van der Waals surface area contributed by atoms with Gasteiger partial charge in [0.15, 0.2) is 28.9 Å². The van der Waals surface area contributed by atoms with Gasteiger partial charge in [0.1, 0.15) is 5.69 Å². The molecule has 2 amide bonds. The van der Waals surface area contributed by atoms with Gasteiger partial charge in [-0.15, -0.1) is 0 Å². The molecule has 9 nitrogen and oxygen atoms in total. The van der Waals surface area contributed by atoms with Crippen LogP contribution in [0.1, 0.15) is 30.0 Å². The van der Waals surface area contributed by atoms with E-state index >= 15 is 0 Å². The number of hydrogen-bond acceptors (Lipinski definition) is 8. The van der Waals surface area contributed by atoms with Crippen LogP contribution < -0.4 is 9.75 Å². The van der Waals surface area contributed by atoms with Gasteiger partial charge in [0, 0.05) is 30.2 Å². The number of anilines is 1. The fourth-order valence-corrected chi connectivity index (χ4v) is 7.83. The molecule has 1 N–H and O–H groups in total. The third-order valence-electron chi connectivity index (χ3n) is 8.64. The smallest absolute Gasteiger partial charge is 0.433 e. The Morgan fingerprint density at radius 1 is 1.11 bits per heavy atom. The number of phenolic OH excluding ortho intramolecular Hbond substituents is 1. The molecule has 4 atom stereocenters. The molecule has 2 aromatic rings. The number of fused-ring (bicyclic) bond motifs is 3. The fraction of sp³-hybridized carbons (Fsp3) is 0.300. The largest absolute Gasteiger partial charge is 0.503 e. The third-order valence-corrected chi connectivity index (χ3v) is 10.1. The van der Waals surface area contributed by atoms with E-state index in [0.717, 1.165) is 16.1 Å². The average Bonchev–Trinajstić information content (AvgIpc) is 3.24. The van der Waals surface area contributed by atoms with Crippen LogP contribution in [0.3, 0.4) is 0 Å². The first-order valence-electron chi connectivity index (χ1n) is 13.5. The van der Waals surface area contributed by atoms with Crippen molar-refractivity contribution in [3.8, 4) is 11.5 Å². The topological polar surface area (TPSA) is 117 Å². The molecule has 0 radical (unpaired) electrons. The molecule has 4 aliphatic rings. The molecule has 0 bridgehead atoms. The van der Waals surface area contributed by atoms with Crippen molar-refractivity contribution in [1.29, 1.82) is 0 Å². The molecule has 45 heavy (non-hydrogen) atoms. The first-order valence-corrected chi connectivity index (χ1v) is 15.4. The molecular formula is C30H21Br2ClF3N3O6. The number of aromatic nitrogens is 1. The number of alkyl halides is 3. The Bertz CT molecular complexity index is 1820. The number of rotatable bonds is 4. The lowest BCUT2D eigenvalue weighted by molar-refractivity contribution is -0.141. The summed E-state index contributed by atoms with van der Waals surface area (Å²) >= 11 is 12.7. The zero-order valence-corrected chi connectivity index (χ0v) is 27.2. The number of carbonyl (C=O) groups excluding carboxylic acids is 4. The molecule has 234 valence electrons. The Morgan fingerprint density at radius 2 is 1.82 bits per heavy atom. The minimum atomic E-state index is -4.80. The number of halogens is 6. The minimum Gasteiger partial charge on any atom is -0.503 e. The fourth-order valence-electron chi connectivity index (χ4n) is 6.69. The maximum absolute atomic E-state index is 14.1. The Balaban J connectivity index is 1.45. The van der Waals surface area contributed by atoms with Gasteiger partial charge in [0.25, 0.3) is 11.8 Å². The number of Topliss-reactive ketones (excluding diaryl/α,β-unsaturated/α-hetero) is 1. The maximum Gasteiger partial charge on any atom is 0.433 e. The quantitative estimate of drug-likeness (QED) is 0.227. The molecular weight excluding hydrogens is 751 g/mol. The Kier molecular flexibility index (Phi) is 7.76. The maximum atomic E-state index is 14.1. The number of pyridine rings is 1. The highest BCUT2D eigenvalue weighted by molar-refractivity contribution is 9.12. The summed E-state index contributed by atoms with van der Waals surface area (Å²) in [6.45, 7) is 0. The number of carbonyl (C=O) groups is 4. The second kappa shape index (κ2) is 11.1. The van der Waals surface area contributed by atoms with E-state index in [1.807, 2.05) is 0 Å². The van der Waals surface area contributed by atoms with Crippen LogP contribution in [0.5, 0.6) is 11.5 Å². The average molecular weight is 772 g/mol. The zero-order chi connectivity index (χ0) is 32.7. The lowest BCUT2D eigenvalue weighted by Crippen LogP contribution is -2.46. The van der Waals surface area contributed by atoms with E-state index in [2.05, 4.69) is 36.8 Å². The summed E-state index contributed by atoms with van der Waals surface area (Å²) in [5.74, 6) is -6.15. The number of methoxy groups -OCH3 is 1. The lowest BCUT2D eigenvalue weighted by Gasteiger charge is -2.42. The Labute approximate surface area is 275 Å². The zero-order valence-electron chi connectivity index (χ0n) is 23.3. The number of amides is 2. The molecule has 1 saturated heterocycles. The van der Waals surface area contributed by atoms with Crippen molar-refractivity contribution in [1.82, 2.24) is 9.99 Å². The normalized spacial score (nSPS) is 24.7. The standard InChI is InChI=1S/C30H21Br2ClF3N3O6/c1-38(27-18(33)5-6-21(37-27)30(34,35)36)39-28(43)13-4-3-12-14(23(13)29(39)44)9-15-24(19(40)10-17(32)25(15)41)22(12)11-7-16(31)26(42)20(8-11)45-2/h3,5-8,10,13-14,22-23,42H,4,9H2,1-2H3. The third kappa shape index (κ3) is 4.92.